The van der Waals surface area contributed by atoms with E-state index < -0.39 is 29.6 Å². The van der Waals surface area contributed by atoms with Crippen molar-refractivity contribution in [1.29, 1.82) is 5.26 Å². The third-order valence-corrected chi connectivity index (χ3v) is 5.76. The zero-order valence-electron chi connectivity index (χ0n) is 21.0. The minimum Gasteiger partial charge on any atom is -0.444 e. The van der Waals surface area contributed by atoms with Crippen molar-refractivity contribution < 1.29 is 14.3 Å². The number of nitriles is 1. The zero-order chi connectivity index (χ0) is 26.0. The number of nitrogens with zero attached hydrogens (tertiary/aromatic N) is 6. The topological polar surface area (TPSA) is 126 Å². The van der Waals surface area contributed by atoms with E-state index in [1.54, 1.807) is 39.1 Å². The minimum atomic E-state index is -0.857. The van der Waals surface area contributed by atoms with Crippen LogP contribution in [0.25, 0.3) is 11.0 Å². The highest BCUT2D eigenvalue weighted by atomic mass is 16.6. The van der Waals surface area contributed by atoms with Crippen LogP contribution in [0.4, 0.5) is 10.7 Å². The molecule has 0 spiro atoms. The Labute approximate surface area is 209 Å². The smallest absolute Gasteiger partial charge is 0.411 e. The van der Waals surface area contributed by atoms with Gasteiger partial charge in [-0.15, -0.1) is 0 Å². The molecule has 2 atom stereocenters. The number of imidazole rings is 1. The van der Waals surface area contributed by atoms with Gasteiger partial charge in [0.05, 0.1) is 22.8 Å². The third-order valence-electron chi connectivity index (χ3n) is 5.76. The normalized spacial score (nSPS) is 16.1. The van der Waals surface area contributed by atoms with Gasteiger partial charge in [-0.25, -0.2) is 19.7 Å². The van der Waals surface area contributed by atoms with Crippen LogP contribution in [0, 0.1) is 18.3 Å². The Balaban J connectivity index is 1.61. The second kappa shape index (κ2) is 9.77. The average molecular weight is 488 g/mol. The summed E-state index contributed by atoms with van der Waals surface area (Å²) < 4.78 is 7.41. The second-order valence-corrected chi connectivity index (χ2v) is 9.52. The first-order valence-electron chi connectivity index (χ1n) is 11.8. The molecule has 1 N–H and O–H groups in total. The van der Waals surface area contributed by atoms with Crippen LogP contribution in [0.5, 0.6) is 0 Å². The average Bonchev–Trinajstić information content (AvgIpc) is 3.45. The molecule has 186 valence electrons. The molecule has 2 aromatic heterocycles. The van der Waals surface area contributed by atoms with Crippen molar-refractivity contribution in [3.05, 3.63) is 59.7 Å². The fourth-order valence-corrected chi connectivity index (χ4v) is 4.14. The molecule has 1 unspecified atom stereocenters. The Morgan fingerprint density at radius 2 is 2.03 bits per heavy atom. The van der Waals surface area contributed by atoms with Gasteiger partial charge in [0.15, 0.2) is 0 Å². The molecule has 2 amide bonds. The molecule has 1 aliphatic rings. The van der Waals surface area contributed by atoms with Crippen molar-refractivity contribution in [2.24, 2.45) is 0 Å². The summed E-state index contributed by atoms with van der Waals surface area (Å²) in [5, 5.41) is 12.8. The first-order chi connectivity index (χ1) is 17.1. The van der Waals surface area contributed by atoms with Gasteiger partial charge in [-0.1, -0.05) is 24.3 Å². The number of nitrogens with one attached hydrogen (secondary N) is 1. The molecule has 0 radical (unpaired) electrons. The summed E-state index contributed by atoms with van der Waals surface area (Å²) in [7, 11) is 0. The van der Waals surface area contributed by atoms with Gasteiger partial charge in [0, 0.05) is 19.3 Å². The lowest BCUT2D eigenvalue weighted by Gasteiger charge is -2.27. The first-order valence-corrected chi connectivity index (χ1v) is 11.8. The standard InChI is InChI=1S/C26H29N7O3/c1-6-32-19-11-8-7-10-18(19)29-22(32)17(14-27)21-16(2)15-28-24(30-21)31-23(34)20-12-9-13-33(20)25(35)36-26(3,4)5/h7-12,15,17,20H,6,13H2,1-5H3,(H,28,30,31,34)/t17?,20-/m0/s1. The van der Waals surface area contributed by atoms with Gasteiger partial charge in [0.25, 0.3) is 5.91 Å². The van der Waals surface area contributed by atoms with E-state index in [-0.39, 0.29) is 12.5 Å². The lowest BCUT2D eigenvalue weighted by Crippen LogP contribution is -2.45. The maximum absolute atomic E-state index is 13.0. The molecule has 0 saturated heterocycles. The van der Waals surface area contributed by atoms with E-state index in [0.717, 1.165) is 11.0 Å². The Hall–Kier alpha value is -4.26. The molecular formula is C26H29N7O3. The van der Waals surface area contributed by atoms with Gasteiger partial charge >= 0.3 is 6.09 Å². The van der Waals surface area contributed by atoms with Gasteiger partial charge in [-0.05, 0) is 52.3 Å². The predicted octanol–water partition coefficient (Wildman–Crippen LogP) is 3.92. The van der Waals surface area contributed by atoms with E-state index >= 15 is 0 Å². The van der Waals surface area contributed by atoms with E-state index in [1.807, 2.05) is 42.7 Å². The number of aryl methyl sites for hydroxylation is 2. The highest BCUT2D eigenvalue weighted by molar-refractivity contribution is 5.97. The summed E-state index contributed by atoms with van der Waals surface area (Å²) in [4.78, 5) is 40.4. The van der Waals surface area contributed by atoms with E-state index in [4.69, 9.17) is 9.72 Å². The number of aromatic nitrogens is 4. The Bertz CT molecular complexity index is 1380. The molecule has 1 aromatic carbocycles. The molecule has 0 aliphatic carbocycles. The summed E-state index contributed by atoms with van der Waals surface area (Å²) in [6, 6.07) is 9.18. The maximum atomic E-state index is 13.0. The monoisotopic (exact) mass is 487 g/mol. The van der Waals surface area contributed by atoms with Crippen molar-refractivity contribution in [3.8, 4) is 6.07 Å². The van der Waals surface area contributed by atoms with Gasteiger partial charge in [0.2, 0.25) is 5.95 Å². The number of benzene rings is 1. The van der Waals surface area contributed by atoms with Crippen LogP contribution in [0.1, 0.15) is 50.7 Å². The molecular weight excluding hydrogens is 458 g/mol. The maximum Gasteiger partial charge on any atom is 0.411 e. The lowest BCUT2D eigenvalue weighted by molar-refractivity contribution is -0.119. The summed E-state index contributed by atoms with van der Waals surface area (Å²) >= 11 is 0. The third kappa shape index (κ3) is 4.91. The second-order valence-electron chi connectivity index (χ2n) is 9.52. The van der Waals surface area contributed by atoms with Crippen LogP contribution in [-0.2, 0) is 16.1 Å². The number of amides is 2. The number of anilines is 1. The van der Waals surface area contributed by atoms with E-state index in [2.05, 4.69) is 21.4 Å². The predicted molar refractivity (Wildman–Crippen MR) is 134 cm³/mol. The first kappa shape index (κ1) is 24.9. The summed E-state index contributed by atoms with van der Waals surface area (Å²) in [6.45, 7) is 10.0. The summed E-state index contributed by atoms with van der Waals surface area (Å²) in [5.74, 6) is -0.612. The molecule has 10 nitrogen and oxygen atoms in total. The fourth-order valence-electron chi connectivity index (χ4n) is 4.14. The van der Waals surface area contributed by atoms with Crippen LogP contribution in [-0.4, -0.2) is 54.6 Å². The van der Waals surface area contributed by atoms with Crippen molar-refractivity contribution in [3.63, 3.8) is 0 Å². The largest absolute Gasteiger partial charge is 0.444 e. The Kier molecular flexibility index (Phi) is 6.75. The number of hydrogen-bond donors (Lipinski definition) is 1. The molecule has 0 fully saturated rings. The molecule has 4 rings (SSSR count). The van der Waals surface area contributed by atoms with Crippen LogP contribution >= 0.6 is 0 Å². The van der Waals surface area contributed by atoms with Crippen molar-refractivity contribution in [1.82, 2.24) is 24.4 Å². The van der Waals surface area contributed by atoms with Crippen molar-refractivity contribution in [2.75, 3.05) is 11.9 Å². The molecule has 1 aliphatic heterocycles. The number of carbonyl (C=O) groups is 2. The lowest BCUT2D eigenvalue weighted by atomic mass is 10.0. The summed E-state index contributed by atoms with van der Waals surface area (Å²) in [5.41, 5.74) is 2.21. The number of fused-ring (bicyclic) bond motifs is 1. The van der Waals surface area contributed by atoms with E-state index in [9.17, 15) is 14.9 Å². The quantitative estimate of drug-likeness (QED) is 0.541. The number of rotatable bonds is 5. The molecule has 0 saturated carbocycles. The number of carbonyl (C=O) groups excluding carboxylic acids is 2. The summed E-state index contributed by atoms with van der Waals surface area (Å²) in [6.07, 6.45) is 4.35. The van der Waals surface area contributed by atoms with Gasteiger partial charge in [-0.3, -0.25) is 15.0 Å². The Morgan fingerprint density at radius 3 is 2.72 bits per heavy atom. The number of para-hydroxylation sites is 2. The highest BCUT2D eigenvalue weighted by Gasteiger charge is 2.34. The van der Waals surface area contributed by atoms with Gasteiger partial charge in [0.1, 0.15) is 23.4 Å². The fraction of sp³-hybridized carbons (Fsp3) is 0.385. The van der Waals surface area contributed by atoms with Crippen LogP contribution < -0.4 is 5.32 Å². The van der Waals surface area contributed by atoms with Gasteiger partial charge in [-0.2, -0.15) is 5.26 Å². The molecule has 0 bridgehead atoms. The zero-order valence-corrected chi connectivity index (χ0v) is 21.0. The van der Waals surface area contributed by atoms with Gasteiger partial charge < -0.3 is 9.30 Å². The molecule has 36 heavy (non-hydrogen) atoms. The number of ether oxygens (including phenoxy) is 1. The van der Waals surface area contributed by atoms with Crippen molar-refractivity contribution >= 4 is 29.0 Å². The van der Waals surface area contributed by atoms with E-state index in [0.29, 0.717) is 23.6 Å². The molecule has 10 heteroatoms. The van der Waals surface area contributed by atoms with Crippen LogP contribution in [0.15, 0.2) is 42.6 Å². The van der Waals surface area contributed by atoms with Crippen LogP contribution in [0.3, 0.4) is 0 Å². The highest BCUT2D eigenvalue weighted by Crippen LogP contribution is 2.28. The Morgan fingerprint density at radius 1 is 1.28 bits per heavy atom. The van der Waals surface area contributed by atoms with Crippen LogP contribution in [0.2, 0.25) is 0 Å². The van der Waals surface area contributed by atoms with E-state index in [1.165, 1.54) is 4.90 Å². The number of hydrogen-bond acceptors (Lipinski definition) is 7. The minimum absolute atomic E-state index is 0.0458. The molecule has 3 aromatic rings. The SMILES string of the molecule is CCn1c(C(C#N)c2nc(NC(=O)[C@@H]3C=CCN3C(=O)OC(C)(C)C)ncc2C)nc2ccccc21. The van der Waals surface area contributed by atoms with Crippen molar-refractivity contribution in [2.45, 2.75) is 58.7 Å². The molecule has 3 heterocycles.